The molecule has 1 aromatic heterocycles. The van der Waals surface area contributed by atoms with Crippen molar-refractivity contribution in [3.63, 3.8) is 0 Å². The molecule has 2 aromatic carbocycles. The van der Waals surface area contributed by atoms with Crippen LogP contribution in [0.3, 0.4) is 0 Å². The van der Waals surface area contributed by atoms with Gasteiger partial charge < -0.3 is 5.32 Å². The second-order valence-electron chi connectivity index (χ2n) is 4.90. The van der Waals surface area contributed by atoms with Gasteiger partial charge in [0.05, 0.1) is 5.52 Å². The Morgan fingerprint density at radius 1 is 1.14 bits per heavy atom. The summed E-state index contributed by atoms with van der Waals surface area (Å²) in [4.78, 5) is 4.46. The van der Waals surface area contributed by atoms with Crippen molar-refractivity contribution in [1.29, 1.82) is 0 Å². The highest BCUT2D eigenvalue weighted by Crippen LogP contribution is 2.28. The van der Waals surface area contributed by atoms with Gasteiger partial charge in [-0.15, -0.1) is 0 Å². The number of aryl methyl sites for hydroxylation is 1. The predicted octanol–water partition coefficient (Wildman–Crippen LogP) is 5.57. The van der Waals surface area contributed by atoms with E-state index >= 15 is 0 Å². The summed E-state index contributed by atoms with van der Waals surface area (Å²) in [5.41, 5.74) is 4.36. The summed E-state index contributed by atoms with van der Waals surface area (Å²) >= 11 is 9.84. The number of hydrogen-bond acceptors (Lipinski definition) is 2. The molecule has 2 nitrogen and oxygen atoms in total. The fourth-order valence-electron chi connectivity index (χ4n) is 2.31. The van der Waals surface area contributed by atoms with Crippen LogP contribution in [0.1, 0.15) is 11.1 Å². The molecule has 0 unspecified atom stereocenters. The third-order valence-corrected chi connectivity index (χ3v) is 4.84. The lowest BCUT2D eigenvalue weighted by atomic mass is 10.1. The van der Waals surface area contributed by atoms with Crippen LogP contribution in [0.4, 0.5) is 5.69 Å². The monoisotopic (exact) mass is 360 g/mol. The Morgan fingerprint density at radius 3 is 2.86 bits per heavy atom. The molecule has 0 radical (unpaired) electrons. The maximum Gasteiger partial charge on any atom is 0.0766 e. The molecule has 3 rings (SSSR count). The molecule has 0 aliphatic rings. The van der Waals surface area contributed by atoms with Crippen molar-refractivity contribution in [2.24, 2.45) is 0 Å². The zero-order valence-electron chi connectivity index (χ0n) is 11.5. The molecule has 0 saturated carbocycles. The number of nitrogens with one attached hydrogen (secondary N) is 1. The van der Waals surface area contributed by atoms with Crippen molar-refractivity contribution in [3.05, 3.63) is 69.3 Å². The molecule has 0 aliphatic heterocycles. The Kier molecular flexibility index (Phi) is 4.13. The molecular formula is C17H14BrClN2. The fraction of sp³-hybridized carbons (Fsp3) is 0.118. The quantitative estimate of drug-likeness (QED) is 0.659. The number of pyridine rings is 1. The molecule has 3 aromatic rings. The smallest absolute Gasteiger partial charge is 0.0766 e. The minimum Gasteiger partial charge on any atom is -0.380 e. The summed E-state index contributed by atoms with van der Waals surface area (Å²) in [6.45, 7) is 2.78. The first-order valence-corrected chi connectivity index (χ1v) is 7.85. The van der Waals surface area contributed by atoms with Crippen molar-refractivity contribution in [2.75, 3.05) is 5.32 Å². The lowest BCUT2D eigenvalue weighted by Gasteiger charge is -2.12. The van der Waals surface area contributed by atoms with Gasteiger partial charge in [0.15, 0.2) is 0 Å². The average Bonchev–Trinajstić information content (AvgIpc) is 2.51. The third kappa shape index (κ3) is 2.89. The number of rotatable bonds is 3. The molecule has 0 aliphatic carbocycles. The van der Waals surface area contributed by atoms with E-state index in [-0.39, 0.29) is 0 Å². The van der Waals surface area contributed by atoms with Crippen LogP contribution >= 0.6 is 27.5 Å². The number of benzene rings is 2. The highest BCUT2D eigenvalue weighted by molar-refractivity contribution is 9.10. The average molecular weight is 362 g/mol. The van der Waals surface area contributed by atoms with E-state index in [0.717, 1.165) is 31.6 Å². The van der Waals surface area contributed by atoms with Crippen LogP contribution < -0.4 is 5.32 Å². The van der Waals surface area contributed by atoms with Gasteiger partial charge in [-0.1, -0.05) is 29.8 Å². The van der Waals surface area contributed by atoms with Crippen molar-refractivity contribution >= 4 is 44.1 Å². The Morgan fingerprint density at radius 2 is 2.00 bits per heavy atom. The largest absolute Gasteiger partial charge is 0.380 e. The van der Waals surface area contributed by atoms with Gasteiger partial charge in [0.25, 0.3) is 0 Å². The van der Waals surface area contributed by atoms with Gasteiger partial charge in [-0.2, -0.15) is 0 Å². The summed E-state index contributed by atoms with van der Waals surface area (Å²) in [7, 11) is 0. The highest BCUT2D eigenvalue weighted by Gasteiger charge is 2.07. The SMILES string of the molecule is Cc1cccc(NCc2ccc(Cl)c3cccnc23)c1Br. The maximum atomic E-state index is 6.22. The Hall–Kier alpha value is -1.58. The first kappa shape index (κ1) is 14.4. The van der Waals surface area contributed by atoms with Gasteiger partial charge in [0, 0.05) is 33.3 Å². The molecule has 1 heterocycles. The molecule has 106 valence electrons. The molecule has 0 atom stereocenters. The summed E-state index contributed by atoms with van der Waals surface area (Å²) in [6.07, 6.45) is 1.80. The number of fused-ring (bicyclic) bond motifs is 1. The van der Waals surface area contributed by atoms with Crippen LogP contribution in [-0.2, 0) is 6.54 Å². The minimum absolute atomic E-state index is 0.701. The molecule has 0 fully saturated rings. The van der Waals surface area contributed by atoms with Crippen LogP contribution in [0.15, 0.2) is 53.1 Å². The van der Waals surface area contributed by atoms with Crippen molar-refractivity contribution < 1.29 is 0 Å². The van der Waals surface area contributed by atoms with Crippen molar-refractivity contribution in [1.82, 2.24) is 4.98 Å². The van der Waals surface area contributed by atoms with E-state index in [0.29, 0.717) is 6.54 Å². The van der Waals surface area contributed by atoms with E-state index in [9.17, 15) is 0 Å². The second kappa shape index (κ2) is 6.04. The topological polar surface area (TPSA) is 24.9 Å². The lowest BCUT2D eigenvalue weighted by molar-refractivity contribution is 1.15. The standard InChI is InChI=1S/C17H14BrClN2/c1-11-4-2-6-15(16(11)18)21-10-12-7-8-14(19)13-5-3-9-20-17(12)13/h2-9,21H,10H2,1H3. The number of hydrogen-bond donors (Lipinski definition) is 1. The molecule has 4 heteroatoms. The Bertz CT molecular complexity index is 802. The Labute approximate surface area is 137 Å². The van der Waals surface area contributed by atoms with Gasteiger partial charge in [-0.3, -0.25) is 4.98 Å². The zero-order chi connectivity index (χ0) is 14.8. The van der Waals surface area contributed by atoms with Gasteiger partial charge in [-0.25, -0.2) is 0 Å². The summed E-state index contributed by atoms with van der Waals surface area (Å²) in [5, 5.41) is 5.17. The van der Waals surface area contributed by atoms with Crippen LogP contribution in [0, 0.1) is 6.92 Å². The van der Waals surface area contributed by atoms with Gasteiger partial charge in [0.2, 0.25) is 0 Å². The lowest BCUT2D eigenvalue weighted by Crippen LogP contribution is -2.02. The first-order chi connectivity index (χ1) is 10.2. The van der Waals surface area contributed by atoms with Crippen LogP contribution in [0.25, 0.3) is 10.9 Å². The number of anilines is 1. The number of halogens is 2. The van der Waals surface area contributed by atoms with Crippen LogP contribution in [0.2, 0.25) is 5.02 Å². The second-order valence-corrected chi connectivity index (χ2v) is 6.10. The minimum atomic E-state index is 0.701. The van der Waals surface area contributed by atoms with Gasteiger partial charge in [0.1, 0.15) is 0 Å². The summed E-state index contributed by atoms with van der Waals surface area (Å²) in [6, 6.07) is 14.0. The van der Waals surface area contributed by atoms with E-state index in [1.165, 1.54) is 5.56 Å². The maximum absolute atomic E-state index is 6.22. The molecule has 0 amide bonds. The number of nitrogens with zero attached hydrogens (tertiary/aromatic N) is 1. The van der Waals surface area contributed by atoms with E-state index in [1.54, 1.807) is 6.20 Å². The zero-order valence-corrected chi connectivity index (χ0v) is 13.9. The van der Waals surface area contributed by atoms with E-state index < -0.39 is 0 Å². The first-order valence-electron chi connectivity index (χ1n) is 6.68. The molecule has 21 heavy (non-hydrogen) atoms. The summed E-state index contributed by atoms with van der Waals surface area (Å²) in [5.74, 6) is 0. The van der Waals surface area contributed by atoms with E-state index in [4.69, 9.17) is 11.6 Å². The van der Waals surface area contributed by atoms with E-state index in [1.807, 2.05) is 30.3 Å². The van der Waals surface area contributed by atoms with Crippen molar-refractivity contribution in [2.45, 2.75) is 13.5 Å². The van der Waals surface area contributed by atoms with Gasteiger partial charge in [-0.05, 0) is 58.2 Å². The molecule has 1 N–H and O–H groups in total. The van der Waals surface area contributed by atoms with Crippen LogP contribution in [-0.4, -0.2) is 4.98 Å². The van der Waals surface area contributed by atoms with Gasteiger partial charge >= 0.3 is 0 Å². The molecular weight excluding hydrogens is 348 g/mol. The fourth-order valence-corrected chi connectivity index (χ4v) is 2.93. The van der Waals surface area contributed by atoms with Crippen LogP contribution in [0.5, 0.6) is 0 Å². The Balaban J connectivity index is 1.92. The summed E-state index contributed by atoms with van der Waals surface area (Å²) < 4.78 is 1.09. The molecule has 0 bridgehead atoms. The predicted molar refractivity (Wildman–Crippen MR) is 93.0 cm³/mol. The molecule has 0 spiro atoms. The molecule has 0 saturated heterocycles. The highest BCUT2D eigenvalue weighted by atomic mass is 79.9. The van der Waals surface area contributed by atoms with E-state index in [2.05, 4.69) is 45.3 Å². The normalized spacial score (nSPS) is 10.8. The van der Waals surface area contributed by atoms with Crippen molar-refractivity contribution in [3.8, 4) is 0 Å². The third-order valence-electron chi connectivity index (χ3n) is 3.46. The number of aromatic nitrogens is 1.